The van der Waals surface area contributed by atoms with Gasteiger partial charge in [-0.15, -0.1) is 0 Å². The molecule has 2 heterocycles. The van der Waals surface area contributed by atoms with Gasteiger partial charge in [-0.25, -0.2) is 21.1 Å². The molecule has 0 aliphatic heterocycles. The minimum Gasteiger partial charge on any atom is -0.350 e. The molecule has 0 saturated carbocycles. The second kappa shape index (κ2) is 7.93. The highest BCUT2D eigenvalue weighted by Gasteiger charge is 2.22. The molecular formula is C18H24N6O4S2. The lowest BCUT2D eigenvalue weighted by Crippen LogP contribution is -2.24. The first-order chi connectivity index (χ1) is 13.9. The number of sulfone groups is 1. The molecule has 0 aliphatic rings. The Morgan fingerprint density at radius 2 is 1.77 bits per heavy atom. The molecule has 12 heteroatoms. The van der Waals surface area contributed by atoms with Gasteiger partial charge in [-0.1, -0.05) is 32.0 Å². The van der Waals surface area contributed by atoms with Gasteiger partial charge in [0.25, 0.3) is 5.16 Å². The highest BCUT2D eigenvalue weighted by molar-refractivity contribution is 7.90. The average Bonchev–Trinajstić information content (AvgIpc) is 3.10. The van der Waals surface area contributed by atoms with E-state index < -0.39 is 19.9 Å². The Kier molecular flexibility index (Phi) is 5.85. The van der Waals surface area contributed by atoms with Crippen LogP contribution >= 0.6 is 0 Å². The number of benzene rings is 1. The number of anilines is 1. The number of nitrogens with zero attached hydrogens (tertiary/aromatic N) is 5. The zero-order valence-electron chi connectivity index (χ0n) is 17.4. The van der Waals surface area contributed by atoms with Crippen molar-refractivity contribution in [2.24, 2.45) is 0 Å². The smallest absolute Gasteiger partial charge is 0.252 e. The number of aromatic nitrogens is 4. The van der Waals surface area contributed by atoms with E-state index in [1.165, 1.54) is 24.7 Å². The van der Waals surface area contributed by atoms with E-state index in [0.29, 0.717) is 11.2 Å². The molecule has 0 bridgehead atoms. The highest BCUT2D eigenvalue weighted by Crippen LogP contribution is 2.23. The molecule has 0 unspecified atom stereocenters. The van der Waals surface area contributed by atoms with Crippen LogP contribution < -0.4 is 5.32 Å². The van der Waals surface area contributed by atoms with E-state index in [2.05, 4.69) is 20.4 Å². The molecule has 0 atom stereocenters. The maximum atomic E-state index is 12.6. The van der Waals surface area contributed by atoms with Gasteiger partial charge < -0.3 is 5.32 Å². The van der Waals surface area contributed by atoms with Gasteiger partial charge in [0.2, 0.25) is 25.8 Å². The fraction of sp³-hybridized carbons (Fsp3) is 0.389. The quantitative estimate of drug-likeness (QED) is 0.572. The summed E-state index contributed by atoms with van der Waals surface area (Å²) in [5.74, 6) is 0.230. The van der Waals surface area contributed by atoms with Crippen molar-refractivity contribution in [3.05, 3.63) is 41.6 Å². The minimum atomic E-state index is -3.67. The molecule has 0 fully saturated rings. The van der Waals surface area contributed by atoms with Crippen LogP contribution in [0.3, 0.4) is 0 Å². The Balaban J connectivity index is 2.08. The van der Waals surface area contributed by atoms with Crippen LogP contribution in [0.2, 0.25) is 0 Å². The van der Waals surface area contributed by atoms with E-state index in [4.69, 9.17) is 0 Å². The van der Waals surface area contributed by atoms with Crippen LogP contribution in [-0.2, 0) is 26.4 Å². The maximum Gasteiger partial charge on any atom is 0.252 e. The Morgan fingerprint density at radius 1 is 1.10 bits per heavy atom. The molecule has 3 aromatic rings. The molecule has 0 amide bonds. The number of rotatable bonds is 7. The van der Waals surface area contributed by atoms with Gasteiger partial charge >= 0.3 is 0 Å². The monoisotopic (exact) mass is 452 g/mol. The first-order valence-corrected chi connectivity index (χ1v) is 12.5. The van der Waals surface area contributed by atoms with Crippen LogP contribution in [0, 0.1) is 0 Å². The van der Waals surface area contributed by atoms with Crippen LogP contribution in [0.15, 0.2) is 40.5 Å². The summed E-state index contributed by atoms with van der Waals surface area (Å²) in [4.78, 5) is 8.45. The van der Waals surface area contributed by atoms with Gasteiger partial charge in [-0.3, -0.25) is 0 Å². The average molecular weight is 453 g/mol. The first kappa shape index (κ1) is 22.1. The molecule has 30 heavy (non-hydrogen) atoms. The normalized spacial score (nSPS) is 12.8. The number of sulfonamides is 1. The largest absolute Gasteiger partial charge is 0.350 e. The van der Waals surface area contributed by atoms with E-state index in [-0.39, 0.29) is 28.5 Å². The molecule has 162 valence electrons. The maximum absolute atomic E-state index is 12.6. The Bertz CT molecular complexity index is 1300. The van der Waals surface area contributed by atoms with Crippen molar-refractivity contribution in [1.82, 2.24) is 23.9 Å². The summed E-state index contributed by atoms with van der Waals surface area (Å²) < 4.78 is 52.0. The standard InChI is InChI=1S/C18H24N6O4S2/c1-12(2)14-11-20-24-16(14)21-18(29(5,25)26)22-17(24)19-10-13-8-6-7-9-15(13)30(27,28)23(3)4/h6-9,11-12H,10H2,1-5H3,(H,19,21,22). The topological polar surface area (TPSA) is 127 Å². The lowest BCUT2D eigenvalue weighted by Gasteiger charge is -2.16. The predicted molar refractivity (Wildman–Crippen MR) is 113 cm³/mol. The van der Waals surface area contributed by atoms with Crippen molar-refractivity contribution >= 4 is 31.5 Å². The van der Waals surface area contributed by atoms with Crippen LogP contribution in [-0.4, -0.2) is 61.1 Å². The van der Waals surface area contributed by atoms with E-state index in [1.807, 2.05) is 13.8 Å². The molecule has 0 radical (unpaired) electrons. The van der Waals surface area contributed by atoms with Crippen molar-refractivity contribution in [3.8, 4) is 0 Å². The van der Waals surface area contributed by atoms with E-state index >= 15 is 0 Å². The Labute approximate surface area is 175 Å². The van der Waals surface area contributed by atoms with Gasteiger partial charge in [0.05, 0.1) is 11.1 Å². The number of hydrogen-bond donors (Lipinski definition) is 1. The van der Waals surface area contributed by atoms with Crippen LogP contribution in [0.1, 0.15) is 30.9 Å². The third-order valence-electron chi connectivity index (χ3n) is 4.50. The summed E-state index contributed by atoms with van der Waals surface area (Å²) in [6.45, 7) is 4.00. The molecule has 0 saturated heterocycles. The fourth-order valence-electron chi connectivity index (χ4n) is 2.84. The second-order valence-electron chi connectivity index (χ2n) is 7.34. The zero-order chi connectivity index (χ0) is 22.3. The summed E-state index contributed by atoms with van der Waals surface area (Å²) in [5, 5.41) is 6.98. The minimum absolute atomic E-state index is 0.0728. The summed E-state index contributed by atoms with van der Waals surface area (Å²) in [5.41, 5.74) is 1.67. The molecule has 1 N–H and O–H groups in total. The number of nitrogens with one attached hydrogen (secondary N) is 1. The van der Waals surface area contributed by atoms with E-state index in [1.54, 1.807) is 24.4 Å². The van der Waals surface area contributed by atoms with Crippen molar-refractivity contribution in [1.29, 1.82) is 0 Å². The molecule has 10 nitrogen and oxygen atoms in total. The van der Waals surface area contributed by atoms with Gasteiger partial charge in [0.15, 0.2) is 5.65 Å². The van der Waals surface area contributed by atoms with Gasteiger partial charge in [0.1, 0.15) is 0 Å². The van der Waals surface area contributed by atoms with Gasteiger partial charge in [0, 0.05) is 32.5 Å². The summed E-state index contributed by atoms with van der Waals surface area (Å²) in [6.07, 6.45) is 2.66. The fourth-order valence-corrected chi connectivity index (χ4v) is 4.46. The summed E-state index contributed by atoms with van der Waals surface area (Å²) in [7, 11) is -4.40. The summed E-state index contributed by atoms with van der Waals surface area (Å²) in [6, 6.07) is 6.58. The zero-order valence-corrected chi connectivity index (χ0v) is 19.0. The summed E-state index contributed by atoms with van der Waals surface area (Å²) >= 11 is 0. The lowest BCUT2D eigenvalue weighted by atomic mass is 10.1. The third-order valence-corrected chi connectivity index (χ3v) is 7.26. The molecule has 0 aliphatic carbocycles. The van der Waals surface area contributed by atoms with Gasteiger partial charge in [-0.05, 0) is 17.5 Å². The number of hydrogen-bond acceptors (Lipinski definition) is 8. The molecule has 0 spiro atoms. The van der Waals surface area contributed by atoms with Crippen LogP contribution in [0.4, 0.5) is 5.95 Å². The molecule has 3 rings (SSSR count). The highest BCUT2D eigenvalue weighted by atomic mass is 32.2. The van der Waals surface area contributed by atoms with Gasteiger partial charge in [-0.2, -0.15) is 19.6 Å². The predicted octanol–water partition coefficient (Wildman–Crippen LogP) is 1.51. The Morgan fingerprint density at radius 3 is 2.37 bits per heavy atom. The second-order valence-corrected chi connectivity index (χ2v) is 11.4. The van der Waals surface area contributed by atoms with Crippen molar-refractivity contribution in [3.63, 3.8) is 0 Å². The Hall–Kier alpha value is -2.57. The SMILES string of the molecule is CC(C)c1cnn2c(NCc3ccccc3S(=O)(=O)N(C)C)nc(S(C)(=O)=O)nc12. The molecule has 2 aromatic heterocycles. The van der Waals surface area contributed by atoms with Crippen LogP contribution in [0.25, 0.3) is 5.65 Å². The molecular weight excluding hydrogens is 428 g/mol. The number of fused-ring (bicyclic) bond motifs is 1. The van der Waals surface area contributed by atoms with E-state index in [0.717, 1.165) is 16.1 Å². The van der Waals surface area contributed by atoms with E-state index in [9.17, 15) is 16.8 Å². The van der Waals surface area contributed by atoms with Crippen LogP contribution in [0.5, 0.6) is 0 Å². The lowest BCUT2D eigenvalue weighted by molar-refractivity contribution is 0.519. The first-order valence-electron chi connectivity index (χ1n) is 9.13. The van der Waals surface area contributed by atoms with Crippen molar-refractivity contribution < 1.29 is 16.8 Å². The third kappa shape index (κ3) is 4.16. The van der Waals surface area contributed by atoms with Crippen molar-refractivity contribution in [2.45, 2.75) is 36.4 Å². The van der Waals surface area contributed by atoms with Crippen molar-refractivity contribution in [2.75, 3.05) is 25.7 Å². The molecule has 1 aromatic carbocycles.